The van der Waals surface area contributed by atoms with Crippen LogP contribution < -0.4 is 5.30 Å². The molecule has 2 aliphatic rings. The van der Waals surface area contributed by atoms with Gasteiger partial charge in [-0.1, -0.05) is 81.7 Å². The number of benzene rings is 1. The first-order chi connectivity index (χ1) is 10.8. The fraction of sp³-hybridized carbons (Fsp3) is 0.429. The Morgan fingerprint density at radius 2 is 1.73 bits per heavy atom. The molecule has 1 aliphatic heterocycles. The minimum Gasteiger partial charge on any atom is -0.0685 e. The zero-order valence-corrected chi connectivity index (χ0v) is 14.8. The van der Waals surface area contributed by atoms with E-state index in [4.69, 9.17) is 0 Å². The SMILES string of the molecule is CCCCC1=CC2=CC(CCCC)P(c3ccccc3)C2=C1. The summed E-state index contributed by atoms with van der Waals surface area (Å²) in [5.74, 6) is 0. The lowest BCUT2D eigenvalue weighted by molar-refractivity contribution is 0.736. The first-order valence-corrected chi connectivity index (χ1v) is 10.2. The maximum Gasteiger partial charge on any atom is 0.00601 e. The van der Waals surface area contributed by atoms with Crippen molar-refractivity contribution >= 4 is 13.2 Å². The van der Waals surface area contributed by atoms with Crippen LogP contribution in [0.2, 0.25) is 0 Å². The van der Waals surface area contributed by atoms with Crippen molar-refractivity contribution < 1.29 is 0 Å². The lowest BCUT2D eigenvalue weighted by Crippen LogP contribution is -2.09. The highest BCUT2D eigenvalue weighted by molar-refractivity contribution is 7.71. The average Bonchev–Trinajstić information content (AvgIpc) is 3.08. The van der Waals surface area contributed by atoms with Crippen LogP contribution >= 0.6 is 7.92 Å². The summed E-state index contributed by atoms with van der Waals surface area (Å²) < 4.78 is 0. The van der Waals surface area contributed by atoms with Gasteiger partial charge < -0.3 is 0 Å². The summed E-state index contributed by atoms with van der Waals surface area (Å²) in [6.45, 7) is 4.58. The molecule has 1 aliphatic carbocycles. The molecule has 2 atom stereocenters. The predicted octanol–water partition coefficient (Wildman–Crippen LogP) is 6.31. The van der Waals surface area contributed by atoms with Crippen LogP contribution in [0.1, 0.15) is 52.4 Å². The Balaban J connectivity index is 1.86. The maximum atomic E-state index is 2.58. The van der Waals surface area contributed by atoms with Gasteiger partial charge in [-0.05, 0) is 48.9 Å². The zero-order chi connectivity index (χ0) is 15.4. The number of unbranched alkanes of at least 4 members (excludes halogenated alkanes) is 2. The van der Waals surface area contributed by atoms with Gasteiger partial charge in [-0.15, -0.1) is 0 Å². The molecule has 0 saturated carbocycles. The topological polar surface area (TPSA) is 0 Å². The average molecular weight is 310 g/mol. The summed E-state index contributed by atoms with van der Waals surface area (Å²) in [6, 6.07) is 11.2. The molecule has 0 bridgehead atoms. The lowest BCUT2D eigenvalue weighted by Gasteiger charge is -2.22. The van der Waals surface area contributed by atoms with E-state index < -0.39 is 0 Å². The summed E-state index contributed by atoms with van der Waals surface area (Å²) in [5.41, 5.74) is 3.85. The molecule has 1 heterocycles. The third-order valence-corrected chi connectivity index (χ3v) is 7.46. The lowest BCUT2D eigenvalue weighted by atomic mass is 10.1. The van der Waals surface area contributed by atoms with Gasteiger partial charge in [-0.3, -0.25) is 0 Å². The largest absolute Gasteiger partial charge is 0.0685 e. The summed E-state index contributed by atoms with van der Waals surface area (Å²) in [7, 11) is -0.181. The molecular formula is C21H27P. The first-order valence-electron chi connectivity index (χ1n) is 8.82. The van der Waals surface area contributed by atoms with Crippen LogP contribution in [0, 0.1) is 0 Å². The standard InChI is InChI=1S/C21H27P/c1-3-5-10-17-14-18-16-20(11-6-4-2)22(21(18)15-17)19-12-8-7-9-13-19/h7-9,12-16,20H,3-6,10-11H2,1-2H3. The second-order valence-electron chi connectivity index (χ2n) is 6.39. The molecule has 1 aromatic rings. The van der Waals surface area contributed by atoms with E-state index in [2.05, 4.69) is 62.4 Å². The van der Waals surface area contributed by atoms with Crippen molar-refractivity contribution in [3.05, 3.63) is 65.0 Å². The molecule has 0 aromatic heterocycles. The Morgan fingerprint density at radius 1 is 0.955 bits per heavy atom. The van der Waals surface area contributed by atoms with Gasteiger partial charge in [0, 0.05) is 5.66 Å². The molecule has 2 unspecified atom stereocenters. The Morgan fingerprint density at radius 3 is 2.45 bits per heavy atom. The minimum atomic E-state index is -0.181. The molecule has 0 fully saturated rings. The fourth-order valence-corrected chi connectivity index (χ4v) is 6.43. The second kappa shape index (κ2) is 7.42. The van der Waals surface area contributed by atoms with Gasteiger partial charge in [-0.25, -0.2) is 0 Å². The van der Waals surface area contributed by atoms with Gasteiger partial charge in [0.15, 0.2) is 0 Å². The van der Waals surface area contributed by atoms with Crippen molar-refractivity contribution in [1.29, 1.82) is 0 Å². The summed E-state index contributed by atoms with van der Waals surface area (Å²) in [4.78, 5) is 0. The van der Waals surface area contributed by atoms with Gasteiger partial charge in [0.1, 0.15) is 0 Å². The number of rotatable bonds is 7. The molecule has 22 heavy (non-hydrogen) atoms. The van der Waals surface area contributed by atoms with E-state index in [0.29, 0.717) is 0 Å². The third kappa shape index (κ3) is 3.28. The minimum absolute atomic E-state index is 0.181. The molecule has 3 rings (SSSR count). The quantitative estimate of drug-likeness (QED) is 0.518. The van der Waals surface area contributed by atoms with Crippen molar-refractivity contribution in [1.82, 2.24) is 0 Å². The van der Waals surface area contributed by atoms with Gasteiger partial charge in [0.05, 0.1) is 0 Å². The van der Waals surface area contributed by atoms with Gasteiger partial charge in [0.2, 0.25) is 0 Å². The third-order valence-electron chi connectivity index (χ3n) is 4.63. The molecule has 0 spiro atoms. The fourth-order valence-electron chi connectivity index (χ4n) is 3.45. The van der Waals surface area contributed by atoms with Gasteiger partial charge in [0.25, 0.3) is 0 Å². The van der Waals surface area contributed by atoms with Gasteiger partial charge in [-0.2, -0.15) is 0 Å². The van der Waals surface area contributed by atoms with E-state index in [-0.39, 0.29) is 7.92 Å². The van der Waals surface area contributed by atoms with Gasteiger partial charge >= 0.3 is 0 Å². The molecule has 0 nitrogen and oxygen atoms in total. The highest BCUT2D eigenvalue weighted by atomic mass is 31.1. The summed E-state index contributed by atoms with van der Waals surface area (Å²) in [5, 5.41) is 3.20. The Hall–Kier alpha value is -1.13. The van der Waals surface area contributed by atoms with Crippen molar-refractivity contribution in [2.45, 2.75) is 58.0 Å². The van der Waals surface area contributed by atoms with Crippen LogP contribution in [0.25, 0.3) is 0 Å². The van der Waals surface area contributed by atoms with Crippen molar-refractivity contribution in [3.63, 3.8) is 0 Å². The smallest absolute Gasteiger partial charge is 0.00601 e. The second-order valence-corrected chi connectivity index (χ2v) is 8.79. The van der Waals surface area contributed by atoms with Crippen LogP contribution in [0.5, 0.6) is 0 Å². The monoisotopic (exact) mass is 310 g/mol. The number of allylic oxidation sites excluding steroid dienone is 6. The molecule has 0 radical (unpaired) electrons. The van der Waals surface area contributed by atoms with Crippen LogP contribution in [0.4, 0.5) is 0 Å². The van der Waals surface area contributed by atoms with Crippen LogP contribution in [0.3, 0.4) is 0 Å². The number of hydrogen-bond acceptors (Lipinski definition) is 0. The molecule has 0 saturated heterocycles. The summed E-state index contributed by atoms with van der Waals surface area (Å²) >= 11 is 0. The number of fused-ring (bicyclic) bond motifs is 1. The first kappa shape index (κ1) is 15.8. The molecule has 1 heteroatoms. The number of hydrogen-bond donors (Lipinski definition) is 0. The highest BCUT2D eigenvalue weighted by Gasteiger charge is 2.34. The van der Waals surface area contributed by atoms with E-state index >= 15 is 0 Å². The van der Waals surface area contributed by atoms with E-state index in [9.17, 15) is 0 Å². The Labute approximate surface area is 136 Å². The molecular weight excluding hydrogens is 283 g/mol. The highest BCUT2D eigenvalue weighted by Crippen LogP contribution is 2.61. The van der Waals surface area contributed by atoms with E-state index in [0.717, 1.165) is 5.66 Å². The molecule has 1 aromatic carbocycles. The van der Waals surface area contributed by atoms with Crippen molar-refractivity contribution in [2.24, 2.45) is 0 Å². The van der Waals surface area contributed by atoms with Crippen molar-refractivity contribution in [3.8, 4) is 0 Å². The Kier molecular flexibility index (Phi) is 5.32. The molecule has 0 amide bonds. The molecule has 116 valence electrons. The maximum absolute atomic E-state index is 2.58. The predicted molar refractivity (Wildman–Crippen MR) is 100 cm³/mol. The van der Waals surface area contributed by atoms with E-state index in [1.54, 1.807) is 21.8 Å². The van der Waals surface area contributed by atoms with Crippen LogP contribution in [0.15, 0.2) is 65.0 Å². The Bertz CT molecular complexity index is 592. The molecule has 0 N–H and O–H groups in total. The van der Waals surface area contributed by atoms with Crippen molar-refractivity contribution in [2.75, 3.05) is 0 Å². The zero-order valence-electron chi connectivity index (χ0n) is 13.9. The van der Waals surface area contributed by atoms with E-state index in [1.165, 1.54) is 38.5 Å². The van der Waals surface area contributed by atoms with Crippen LogP contribution in [-0.4, -0.2) is 5.66 Å². The normalized spacial score (nSPS) is 23.1. The van der Waals surface area contributed by atoms with E-state index in [1.807, 2.05) is 0 Å². The summed E-state index contributed by atoms with van der Waals surface area (Å²) in [6.07, 6.45) is 15.4. The van der Waals surface area contributed by atoms with Crippen LogP contribution in [-0.2, 0) is 0 Å².